The Balaban J connectivity index is 2.48. The van der Waals surface area contributed by atoms with Crippen LogP contribution in [0.15, 0.2) is 18.2 Å². The van der Waals surface area contributed by atoms with E-state index >= 15 is 0 Å². The predicted octanol–water partition coefficient (Wildman–Crippen LogP) is 1.21. The van der Waals surface area contributed by atoms with Gasteiger partial charge in [-0.3, -0.25) is 9.59 Å². The first-order chi connectivity index (χ1) is 11.1. The average molecular weight is 336 g/mol. The molecule has 0 saturated carbocycles. The number of carboxylic acids is 1. The molecule has 1 rings (SSSR count). The molecule has 0 aliphatic carbocycles. The fourth-order valence-electron chi connectivity index (χ4n) is 1.91. The number of carbonyl (C=O) groups excluding carboxylic acids is 2. The van der Waals surface area contributed by atoms with Gasteiger partial charge in [0.2, 0.25) is 11.8 Å². The minimum Gasteiger partial charge on any atom is -0.496 e. The van der Waals surface area contributed by atoms with Gasteiger partial charge < -0.3 is 20.5 Å². The SMILES string of the molecule is COc1cc(C(=O)O)ccc1CCNC(=O)CNC(=O)C(C)(C)C. The number of methoxy groups -OCH3 is 1. The molecule has 3 N–H and O–H groups in total. The van der Waals surface area contributed by atoms with Crippen LogP contribution >= 0.6 is 0 Å². The van der Waals surface area contributed by atoms with Crippen molar-refractivity contribution in [2.45, 2.75) is 27.2 Å². The van der Waals surface area contributed by atoms with Crippen LogP contribution in [-0.4, -0.2) is 43.1 Å². The second-order valence-corrected chi connectivity index (χ2v) is 6.36. The third kappa shape index (κ3) is 5.91. The normalized spacial score (nSPS) is 10.8. The Kier molecular flexibility index (Phi) is 6.76. The molecule has 0 bridgehead atoms. The second kappa shape index (κ2) is 8.33. The Morgan fingerprint density at radius 3 is 2.38 bits per heavy atom. The topological polar surface area (TPSA) is 105 Å². The van der Waals surface area contributed by atoms with Gasteiger partial charge in [0.25, 0.3) is 0 Å². The molecule has 0 aliphatic heterocycles. The molecule has 7 nitrogen and oxygen atoms in total. The first kappa shape index (κ1) is 19.5. The van der Waals surface area contributed by atoms with Crippen LogP contribution in [0.5, 0.6) is 5.75 Å². The fraction of sp³-hybridized carbons (Fsp3) is 0.471. The number of nitrogens with one attached hydrogen (secondary N) is 2. The van der Waals surface area contributed by atoms with Gasteiger partial charge in [-0.05, 0) is 24.1 Å². The van der Waals surface area contributed by atoms with Gasteiger partial charge >= 0.3 is 5.97 Å². The highest BCUT2D eigenvalue weighted by molar-refractivity contribution is 5.88. The highest BCUT2D eigenvalue weighted by Gasteiger charge is 2.21. The van der Waals surface area contributed by atoms with E-state index in [4.69, 9.17) is 9.84 Å². The molecule has 0 heterocycles. The summed E-state index contributed by atoms with van der Waals surface area (Å²) in [4.78, 5) is 34.3. The van der Waals surface area contributed by atoms with E-state index in [0.717, 1.165) is 5.56 Å². The monoisotopic (exact) mass is 336 g/mol. The van der Waals surface area contributed by atoms with Crippen molar-refractivity contribution in [1.29, 1.82) is 0 Å². The zero-order valence-corrected chi connectivity index (χ0v) is 14.4. The van der Waals surface area contributed by atoms with Crippen LogP contribution in [0.3, 0.4) is 0 Å². The number of carbonyl (C=O) groups is 3. The molecule has 0 saturated heterocycles. The van der Waals surface area contributed by atoms with Crippen LogP contribution in [0.2, 0.25) is 0 Å². The van der Waals surface area contributed by atoms with Gasteiger partial charge in [0, 0.05) is 12.0 Å². The van der Waals surface area contributed by atoms with Crippen molar-refractivity contribution in [2.75, 3.05) is 20.2 Å². The van der Waals surface area contributed by atoms with Crippen molar-refractivity contribution in [3.8, 4) is 5.75 Å². The van der Waals surface area contributed by atoms with E-state index in [1.807, 2.05) is 0 Å². The molecule has 0 aromatic heterocycles. The molecule has 24 heavy (non-hydrogen) atoms. The summed E-state index contributed by atoms with van der Waals surface area (Å²) in [5.74, 6) is -1.04. The maximum Gasteiger partial charge on any atom is 0.335 e. The van der Waals surface area contributed by atoms with Crippen molar-refractivity contribution in [2.24, 2.45) is 5.41 Å². The lowest BCUT2D eigenvalue weighted by atomic mass is 9.96. The molecular formula is C17H24N2O5. The van der Waals surface area contributed by atoms with Crippen LogP contribution in [0.25, 0.3) is 0 Å². The summed E-state index contributed by atoms with van der Waals surface area (Å²) in [6.45, 7) is 5.59. The second-order valence-electron chi connectivity index (χ2n) is 6.36. The Morgan fingerprint density at radius 2 is 1.83 bits per heavy atom. The van der Waals surface area contributed by atoms with E-state index in [1.165, 1.54) is 19.2 Å². The molecule has 0 fully saturated rings. The summed E-state index contributed by atoms with van der Waals surface area (Å²) < 4.78 is 5.18. The standard InChI is InChI=1S/C17H24N2O5/c1-17(2,3)16(23)19-10-14(20)18-8-7-11-5-6-12(15(21)22)9-13(11)24-4/h5-6,9H,7-8,10H2,1-4H3,(H,18,20)(H,19,23)(H,21,22). The Bertz CT molecular complexity index is 620. The number of aromatic carboxylic acids is 1. The lowest BCUT2D eigenvalue weighted by molar-refractivity contribution is -0.131. The molecule has 1 aromatic rings. The molecule has 0 radical (unpaired) electrons. The Labute approximate surface area is 141 Å². The Hall–Kier alpha value is -2.57. The number of ether oxygens (including phenoxy) is 1. The molecule has 1 aromatic carbocycles. The minimum atomic E-state index is -1.03. The van der Waals surface area contributed by atoms with Gasteiger partial charge in [-0.15, -0.1) is 0 Å². The summed E-state index contributed by atoms with van der Waals surface area (Å²) in [6, 6.07) is 4.60. The summed E-state index contributed by atoms with van der Waals surface area (Å²) in [6.07, 6.45) is 0.488. The van der Waals surface area contributed by atoms with Crippen molar-refractivity contribution in [3.63, 3.8) is 0 Å². The zero-order chi connectivity index (χ0) is 18.3. The van der Waals surface area contributed by atoms with E-state index in [9.17, 15) is 14.4 Å². The molecule has 132 valence electrons. The summed E-state index contributed by atoms with van der Waals surface area (Å²) >= 11 is 0. The Morgan fingerprint density at radius 1 is 1.17 bits per heavy atom. The third-order valence-corrected chi connectivity index (χ3v) is 3.34. The van der Waals surface area contributed by atoms with Gasteiger partial charge in [-0.1, -0.05) is 26.8 Å². The third-order valence-electron chi connectivity index (χ3n) is 3.34. The molecule has 0 aliphatic rings. The number of hydrogen-bond donors (Lipinski definition) is 3. The largest absolute Gasteiger partial charge is 0.496 e. The molecule has 2 amide bonds. The molecule has 0 unspecified atom stereocenters. The molecule has 0 atom stereocenters. The van der Waals surface area contributed by atoms with Gasteiger partial charge in [0.05, 0.1) is 19.2 Å². The van der Waals surface area contributed by atoms with E-state index in [0.29, 0.717) is 18.7 Å². The van der Waals surface area contributed by atoms with Crippen molar-refractivity contribution in [3.05, 3.63) is 29.3 Å². The van der Waals surface area contributed by atoms with Crippen molar-refractivity contribution >= 4 is 17.8 Å². The first-order valence-electron chi connectivity index (χ1n) is 7.60. The zero-order valence-electron chi connectivity index (χ0n) is 14.4. The quantitative estimate of drug-likeness (QED) is 0.694. The maximum absolute atomic E-state index is 11.7. The lowest BCUT2D eigenvalue weighted by Crippen LogP contribution is -2.42. The summed E-state index contributed by atoms with van der Waals surface area (Å²) in [5.41, 5.74) is 0.394. The minimum absolute atomic E-state index is 0.0782. The fourth-order valence-corrected chi connectivity index (χ4v) is 1.91. The molecule has 0 spiro atoms. The van der Waals surface area contributed by atoms with E-state index < -0.39 is 11.4 Å². The van der Waals surface area contributed by atoms with E-state index in [2.05, 4.69) is 10.6 Å². The van der Waals surface area contributed by atoms with Gasteiger partial charge in [-0.2, -0.15) is 0 Å². The highest BCUT2D eigenvalue weighted by atomic mass is 16.5. The van der Waals surface area contributed by atoms with Crippen LogP contribution < -0.4 is 15.4 Å². The number of amides is 2. The average Bonchev–Trinajstić information content (AvgIpc) is 2.51. The summed E-state index contributed by atoms with van der Waals surface area (Å²) in [7, 11) is 1.46. The number of hydrogen-bond acceptors (Lipinski definition) is 4. The van der Waals surface area contributed by atoms with E-state index in [1.54, 1.807) is 26.8 Å². The number of carboxylic acid groups (broad SMARTS) is 1. The van der Waals surface area contributed by atoms with E-state index in [-0.39, 0.29) is 23.9 Å². The van der Waals surface area contributed by atoms with Gasteiger partial charge in [0.1, 0.15) is 5.75 Å². The van der Waals surface area contributed by atoms with Crippen LogP contribution in [0, 0.1) is 5.41 Å². The maximum atomic E-state index is 11.7. The predicted molar refractivity (Wildman–Crippen MR) is 89.1 cm³/mol. The number of benzene rings is 1. The summed E-state index contributed by atoms with van der Waals surface area (Å²) in [5, 5.41) is 14.2. The van der Waals surface area contributed by atoms with Crippen LogP contribution in [-0.2, 0) is 16.0 Å². The van der Waals surface area contributed by atoms with Crippen molar-refractivity contribution in [1.82, 2.24) is 10.6 Å². The van der Waals surface area contributed by atoms with Crippen LogP contribution in [0.1, 0.15) is 36.7 Å². The van der Waals surface area contributed by atoms with Gasteiger partial charge in [0.15, 0.2) is 0 Å². The first-order valence-corrected chi connectivity index (χ1v) is 7.60. The molecular weight excluding hydrogens is 312 g/mol. The van der Waals surface area contributed by atoms with Crippen molar-refractivity contribution < 1.29 is 24.2 Å². The smallest absolute Gasteiger partial charge is 0.335 e. The molecule has 7 heteroatoms. The van der Waals surface area contributed by atoms with Crippen LogP contribution in [0.4, 0.5) is 0 Å². The highest BCUT2D eigenvalue weighted by Crippen LogP contribution is 2.20. The van der Waals surface area contributed by atoms with Gasteiger partial charge in [-0.25, -0.2) is 4.79 Å². The number of rotatable bonds is 7. The lowest BCUT2D eigenvalue weighted by Gasteiger charge is -2.17.